The highest BCUT2D eigenvalue weighted by atomic mass is 16.1. The molecule has 2 rings (SSSR count). The molecule has 1 amide bonds. The Labute approximate surface area is 112 Å². The summed E-state index contributed by atoms with van der Waals surface area (Å²) in [5.41, 5.74) is 6.86. The predicted octanol–water partition coefficient (Wildman–Crippen LogP) is 2.22. The maximum atomic E-state index is 10.9. The minimum Gasteiger partial charge on any atom is -0.367 e. The average Bonchev–Trinajstić information content (AvgIpc) is 2.40. The van der Waals surface area contributed by atoms with Crippen molar-refractivity contribution >= 4 is 11.7 Å². The molecule has 0 aliphatic carbocycles. The average molecular weight is 255 g/mol. The van der Waals surface area contributed by atoms with Gasteiger partial charge in [0.15, 0.2) is 0 Å². The van der Waals surface area contributed by atoms with Gasteiger partial charge < -0.3 is 11.1 Å². The summed E-state index contributed by atoms with van der Waals surface area (Å²) in [6, 6.07) is 14.0. The van der Waals surface area contributed by atoms with Crippen molar-refractivity contribution in [3.05, 3.63) is 59.8 Å². The third-order valence-electron chi connectivity index (χ3n) is 2.83. The van der Waals surface area contributed by atoms with E-state index in [0.717, 1.165) is 12.2 Å². The number of benzene rings is 1. The zero-order valence-corrected chi connectivity index (χ0v) is 10.8. The first-order valence-corrected chi connectivity index (χ1v) is 6.21. The fraction of sp³-hybridized carbons (Fsp3) is 0.200. The van der Waals surface area contributed by atoms with E-state index >= 15 is 0 Å². The van der Waals surface area contributed by atoms with Crippen LogP contribution >= 0.6 is 0 Å². The molecule has 0 aliphatic heterocycles. The van der Waals surface area contributed by atoms with Crippen LogP contribution in [0.5, 0.6) is 0 Å². The van der Waals surface area contributed by atoms with E-state index in [2.05, 4.69) is 29.4 Å². The SMILES string of the molecule is CC(Cc1ccccc1)Nc1ccc(C(N)=O)cn1. The molecule has 1 atom stereocenters. The van der Waals surface area contributed by atoms with E-state index in [9.17, 15) is 4.79 Å². The van der Waals surface area contributed by atoms with Gasteiger partial charge in [0.25, 0.3) is 0 Å². The lowest BCUT2D eigenvalue weighted by molar-refractivity contribution is 0.1000. The third-order valence-corrected chi connectivity index (χ3v) is 2.83. The second kappa shape index (κ2) is 6.00. The molecule has 0 fully saturated rings. The van der Waals surface area contributed by atoms with Gasteiger partial charge >= 0.3 is 0 Å². The minimum atomic E-state index is -0.462. The van der Waals surface area contributed by atoms with Crippen LogP contribution in [-0.4, -0.2) is 16.9 Å². The number of nitrogens with two attached hydrogens (primary N) is 1. The van der Waals surface area contributed by atoms with Gasteiger partial charge in [0.2, 0.25) is 5.91 Å². The van der Waals surface area contributed by atoms with Crippen molar-refractivity contribution in [3.63, 3.8) is 0 Å². The van der Waals surface area contributed by atoms with E-state index in [-0.39, 0.29) is 6.04 Å². The molecule has 0 aliphatic rings. The first kappa shape index (κ1) is 13.1. The second-order valence-electron chi connectivity index (χ2n) is 4.53. The summed E-state index contributed by atoms with van der Waals surface area (Å²) in [6.07, 6.45) is 2.40. The van der Waals surface area contributed by atoms with Crippen molar-refractivity contribution in [2.45, 2.75) is 19.4 Å². The molecule has 0 bridgehead atoms. The molecule has 0 spiro atoms. The highest BCUT2D eigenvalue weighted by molar-refractivity contribution is 5.92. The van der Waals surface area contributed by atoms with Crippen LogP contribution in [0.15, 0.2) is 48.7 Å². The fourth-order valence-electron chi connectivity index (χ4n) is 1.90. The van der Waals surface area contributed by atoms with E-state index in [1.807, 2.05) is 18.2 Å². The summed E-state index contributed by atoms with van der Waals surface area (Å²) < 4.78 is 0. The molecule has 0 saturated heterocycles. The van der Waals surface area contributed by atoms with Crippen LogP contribution in [0.2, 0.25) is 0 Å². The van der Waals surface area contributed by atoms with Crippen LogP contribution < -0.4 is 11.1 Å². The topological polar surface area (TPSA) is 68.0 Å². The zero-order valence-electron chi connectivity index (χ0n) is 10.8. The fourth-order valence-corrected chi connectivity index (χ4v) is 1.90. The molecule has 4 heteroatoms. The lowest BCUT2D eigenvalue weighted by atomic mass is 10.1. The van der Waals surface area contributed by atoms with Gasteiger partial charge in [-0.15, -0.1) is 0 Å². The van der Waals surface area contributed by atoms with Gasteiger partial charge in [-0.05, 0) is 31.0 Å². The molecule has 3 N–H and O–H groups in total. The molecule has 1 aromatic carbocycles. The predicted molar refractivity (Wildman–Crippen MR) is 76.0 cm³/mol. The Morgan fingerprint density at radius 1 is 1.26 bits per heavy atom. The summed E-state index contributed by atoms with van der Waals surface area (Å²) in [5.74, 6) is 0.282. The number of hydrogen-bond acceptors (Lipinski definition) is 3. The third kappa shape index (κ3) is 3.81. The summed E-state index contributed by atoms with van der Waals surface area (Å²) in [7, 11) is 0. The summed E-state index contributed by atoms with van der Waals surface area (Å²) in [5, 5.41) is 3.29. The molecule has 98 valence electrons. The highest BCUT2D eigenvalue weighted by Crippen LogP contribution is 2.09. The van der Waals surface area contributed by atoms with Crippen LogP contribution in [0.3, 0.4) is 0 Å². The first-order chi connectivity index (χ1) is 9.15. The smallest absolute Gasteiger partial charge is 0.250 e. The molecule has 2 aromatic rings. The van der Waals surface area contributed by atoms with Gasteiger partial charge in [-0.2, -0.15) is 0 Å². The molecule has 0 radical (unpaired) electrons. The lowest BCUT2D eigenvalue weighted by Gasteiger charge is -2.14. The van der Waals surface area contributed by atoms with Crippen LogP contribution in [0.1, 0.15) is 22.8 Å². The van der Waals surface area contributed by atoms with Crippen LogP contribution in [-0.2, 0) is 6.42 Å². The molecular weight excluding hydrogens is 238 g/mol. The van der Waals surface area contributed by atoms with Gasteiger partial charge in [0.05, 0.1) is 5.56 Å². The summed E-state index contributed by atoms with van der Waals surface area (Å²) in [6.45, 7) is 2.09. The standard InChI is InChI=1S/C15H17N3O/c1-11(9-12-5-3-2-4-6-12)18-14-8-7-13(10-17-14)15(16)19/h2-8,10-11H,9H2,1H3,(H2,16,19)(H,17,18). The monoisotopic (exact) mass is 255 g/mol. The van der Waals surface area contributed by atoms with E-state index in [4.69, 9.17) is 5.73 Å². The normalized spacial score (nSPS) is 11.8. The van der Waals surface area contributed by atoms with Crippen molar-refractivity contribution in [2.75, 3.05) is 5.32 Å². The Kier molecular flexibility index (Phi) is 4.13. The van der Waals surface area contributed by atoms with Gasteiger partial charge in [0, 0.05) is 12.2 Å². The Balaban J connectivity index is 1.95. The Hall–Kier alpha value is -2.36. The number of nitrogens with one attached hydrogen (secondary N) is 1. The lowest BCUT2D eigenvalue weighted by Crippen LogP contribution is -2.19. The number of carbonyl (C=O) groups is 1. The molecule has 1 aromatic heterocycles. The van der Waals surface area contributed by atoms with E-state index in [1.54, 1.807) is 12.1 Å². The second-order valence-corrected chi connectivity index (χ2v) is 4.53. The number of nitrogens with zero attached hydrogens (tertiary/aromatic N) is 1. The number of anilines is 1. The van der Waals surface area contributed by atoms with E-state index in [1.165, 1.54) is 11.8 Å². The number of rotatable bonds is 5. The van der Waals surface area contributed by atoms with Gasteiger partial charge in [-0.3, -0.25) is 4.79 Å². The van der Waals surface area contributed by atoms with Crippen LogP contribution in [0, 0.1) is 0 Å². The number of primary amides is 1. The molecule has 1 unspecified atom stereocenters. The first-order valence-electron chi connectivity index (χ1n) is 6.21. The van der Waals surface area contributed by atoms with Gasteiger partial charge in [-0.25, -0.2) is 4.98 Å². The number of hydrogen-bond donors (Lipinski definition) is 2. The number of pyridine rings is 1. The van der Waals surface area contributed by atoms with Gasteiger partial charge in [-0.1, -0.05) is 30.3 Å². The molecular formula is C15H17N3O. The van der Waals surface area contributed by atoms with E-state index < -0.39 is 5.91 Å². The maximum absolute atomic E-state index is 10.9. The Morgan fingerprint density at radius 2 is 2.00 bits per heavy atom. The molecule has 0 saturated carbocycles. The highest BCUT2D eigenvalue weighted by Gasteiger charge is 2.05. The zero-order chi connectivity index (χ0) is 13.7. The summed E-state index contributed by atoms with van der Waals surface area (Å²) >= 11 is 0. The van der Waals surface area contributed by atoms with Crippen molar-refractivity contribution in [1.82, 2.24) is 4.98 Å². The Morgan fingerprint density at radius 3 is 2.58 bits per heavy atom. The van der Waals surface area contributed by atoms with Crippen molar-refractivity contribution in [1.29, 1.82) is 0 Å². The number of carbonyl (C=O) groups excluding carboxylic acids is 1. The number of amides is 1. The number of aromatic nitrogens is 1. The van der Waals surface area contributed by atoms with Crippen molar-refractivity contribution in [3.8, 4) is 0 Å². The maximum Gasteiger partial charge on any atom is 0.250 e. The quantitative estimate of drug-likeness (QED) is 0.860. The van der Waals surface area contributed by atoms with Crippen molar-refractivity contribution in [2.24, 2.45) is 5.73 Å². The van der Waals surface area contributed by atoms with Crippen LogP contribution in [0.4, 0.5) is 5.82 Å². The minimum absolute atomic E-state index is 0.259. The largest absolute Gasteiger partial charge is 0.367 e. The van der Waals surface area contributed by atoms with E-state index in [0.29, 0.717) is 5.56 Å². The molecule has 4 nitrogen and oxygen atoms in total. The van der Waals surface area contributed by atoms with Gasteiger partial charge in [0.1, 0.15) is 5.82 Å². The van der Waals surface area contributed by atoms with Crippen LogP contribution in [0.25, 0.3) is 0 Å². The van der Waals surface area contributed by atoms with Crippen molar-refractivity contribution < 1.29 is 4.79 Å². The molecule has 19 heavy (non-hydrogen) atoms. The Bertz CT molecular complexity index is 537. The molecule has 1 heterocycles. The summed E-state index contributed by atoms with van der Waals surface area (Å²) in [4.78, 5) is 15.1.